The number of hydrogen-bond donors (Lipinski definition) is 2. The van der Waals surface area contributed by atoms with Gasteiger partial charge in [0.15, 0.2) is 0 Å². The molecule has 0 saturated heterocycles. The first-order chi connectivity index (χ1) is 7.27. The van der Waals surface area contributed by atoms with E-state index in [0.29, 0.717) is 10.0 Å². The third-order valence-corrected chi connectivity index (χ3v) is 2.38. The molecule has 0 bridgehead atoms. The molecule has 1 heterocycles. The summed E-state index contributed by atoms with van der Waals surface area (Å²) in [5, 5.41) is 15.3. The van der Waals surface area contributed by atoms with Gasteiger partial charge < -0.3 is 0 Å². The number of aromatic amines is 1. The molecule has 1 aromatic heterocycles. The number of nitrogens with one attached hydrogen (secondary N) is 2. The van der Waals surface area contributed by atoms with Crippen LogP contribution in [0.3, 0.4) is 0 Å². The number of nitrogens with zero attached hydrogens (tertiary/aromatic N) is 3. The fourth-order valence-corrected chi connectivity index (χ4v) is 1.49. The highest BCUT2D eigenvalue weighted by Crippen LogP contribution is 2.16. The van der Waals surface area contributed by atoms with Crippen molar-refractivity contribution < 1.29 is 4.79 Å². The Hall–Kier alpha value is -1.76. The minimum Gasteiger partial charge on any atom is -0.288 e. The Kier molecular flexibility index (Phi) is 2.72. The van der Waals surface area contributed by atoms with Gasteiger partial charge in [-0.2, -0.15) is 5.21 Å². The molecule has 7 heteroatoms. The Balaban J connectivity index is 2.19. The summed E-state index contributed by atoms with van der Waals surface area (Å²) in [6.07, 6.45) is 0. The molecule has 0 saturated carbocycles. The van der Waals surface area contributed by atoms with E-state index in [4.69, 9.17) is 0 Å². The molecule has 2 rings (SSSR count). The van der Waals surface area contributed by atoms with Gasteiger partial charge in [-0.3, -0.25) is 10.1 Å². The van der Waals surface area contributed by atoms with Crippen molar-refractivity contribution in [1.82, 2.24) is 20.6 Å². The summed E-state index contributed by atoms with van der Waals surface area (Å²) in [5.74, 6) is -0.139. The van der Waals surface area contributed by atoms with Crippen LogP contribution in [0.1, 0.15) is 10.4 Å². The molecule has 0 radical (unpaired) electrons. The van der Waals surface area contributed by atoms with Crippen LogP contribution >= 0.6 is 15.9 Å². The zero-order valence-electron chi connectivity index (χ0n) is 7.44. The van der Waals surface area contributed by atoms with Gasteiger partial charge in [0.25, 0.3) is 11.9 Å². The lowest BCUT2D eigenvalue weighted by molar-refractivity contribution is 0.102. The number of hydrogen-bond acceptors (Lipinski definition) is 4. The Bertz CT molecular complexity index is 470. The Labute approximate surface area is 93.2 Å². The van der Waals surface area contributed by atoms with Crippen molar-refractivity contribution in [3.8, 4) is 0 Å². The molecule has 1 amide bonds. The normalized spacial score (nSPS) is 9.93. The Morgan fingerprint density at radius 2 is 2.20 bits per heavy atom. The number of H-pyrrole nitrogens is 1. The summed E-state index contributed by atoms with van der Waals surface area (Å²) >= 11 is 3.28. The molecular formula is C8H6BrN5O. The second-order valence-electron chi connectivity index (χ2n) is 2.67. The van der Waals surface area contributed by atoms with Crippen molar-refractivity contribution in [3.05, 3.63) is 34.3 Å². The van der Waals surface area contributed by atoms with Crippen molar-refractivity contribution in [1.29, 1.82) is 0 Å². The lowest BCUT2D eigenvalue weighted by atomic mass is 10.2. The maximum absolute atomic E-state index is 11.7. The fraction of sp³-hybridized carbons (Fsp3) is 0. The van der Waals surface area contributed by atoms with Crippen LogP contribution in [0.4, 0.5) is 5.95 Å². The van der Waals surface area contributed by atoms with Crippen molar-refractivity contribution in [3.63, 3.8) is 0 Å². The first-order valence-corrected chi connectivity index (χ1v) is 4.86. The number of carbonyl (C=O) groups excluding carboxylic acids is 1. The van der Waals surface area contributed by atoms with Crippen LogP contribution in [0, 0.1) is 0 Å². The molecule has 0 unspecified atom stereocenters. The molecule has 6 nitrogen and oxygen atoms in total. The molecule has 0 fully saturated rings. The molecule has 2 N–H and O–H groups in total. The summed E-state index contributed by atoms with van der Waals surface area (Å²) in [4.78, 5) is 11.7. The number of aromatic nitrogens is 4. The van der Waals surface area contributed by atoms with E-state index < -0.39 is 0 Å². The Morgan fingerprint density at radius 3 is 2.87 bits per heavy atom. The van der Waals surface area contributed by atoms with E-state index in [-0.39, 0.29) is 11.9 Å². The number of tetrazole rings is 1. The van der Waals surface area contributed by atoms with Gasteiger partial charge in [-0.1, -0.05) is 17.2 Å². The molecule has 76 valence electrons. The molecular weight excluding hydrogens is 262 g/mol. The Morgan fingerprint density at radius 1 is 1.40 bits per heavy atom. The van der Waals surface area contributed by atoms with Crippen molar-refractivity contribution in [2.75, 3.05) is 5.32 Å². The highest BCUT2D eigenvalue weighted by atomic mass is 79.9. The highest BCUT2D eigenvalue weighted by molar-refractivity contribution is 9.10. The van der Waals surface area contributed by atoms with Crippen LogP contribution in [0.15, 0.2) is 28.7 Å². The van der Waals surface area contributed by atoms with Gasteiger partial charge in [-0.05, 0) is 33.3 Å². The number of amides is 1. The molecule has 2 aromatic rings. The summed E-state index contributed by atoms with van der Waals surface area (Å²) in [7, 11) is 0. The predicted octanol–water partition coefficient (Wildman–Crippen LogP) is 1.21. The molecule has 0 atom stereocenters. The van der Waals surface area contributed by atoms with Crippen molar-refractivity contribution in [2.24, 2.45) is 0 Å². The van der Waals surface area contributed by atoms with E-state index in [1.54, 1.807) is 18.2 Å². The van der Waals surface area contributed by atoms with Crippen LogP contribution in [0.5, 0.6) is 0 Å². The second-order valence-corrected chi connectivity index (χ2v) is 3.52. The van der Waals surface area contributed by atoms with Gasteiger partial charge in [0.05, 0.1) is 5.56 Å². The van der Waals surface area contributed by atoms with E-state index in [2.05, 4.69) is 41.9 Å². The molecule has 1 aromatic carbocycles. The van der Waals surface area contributed by atoms with Crippen LogP contribution in [-0.4, -0.2) is 26.5 Å². The molecule has 0 aliphatic rings. The smallest absolute Gasteiger partial charge is 0.270 e. The molecule has 0 aliphatic carbocycles. The third kappa shape index (κ3) is 2.18. The number of carbonyl (C=O) groups is 1. The maximum Gasteiger partial charge on any atom is 0.270 e. The van der Waals surface area contributed by atoms with Crippen LogP contribution in [0.2, 0.25) is 0 Å². The second kappa shape index (κ2) is 4.18. The molecule has 0 spiro atoms. The minimum atomic E-state index is -0.288. The first kappa shape index (κ1) is 9.78. The zero-order chi connectivity index (χ0) is 10.7. The van der Waals surface area contributed by atoms with E-state index >= 15 is 0 Å². The summed E-state index contributed by atoms with van der Waals surface area (Å²) < 4.78 is 0.714. The summed E-state index contributed by atoms with van der Waals surface area (Å²) in [6.45, 7) is 0. The summed E-state index contributed by atoms with van der Waals surface area (Å²) in [6, 6.07) is 7.08. The van der Waals surface area contributed by atoms with E-state index in [1.807, 2.05) is 6.07 Å². The average molecular weight is 268 g/mol. The van der Waals surface area contributed by atoms with Crippen LogP contribution < -0.4 is 5.32 Å². The molecule has 0 aliphatic heterocycles. The number of halogens is 1. The van der Waals surface area contributed by atoms with Gasteiger partial charge in [-0.15, -0.1) is 5.10 Å². The standard InChI is InChI=1S/C8H6BrN5O/c9-6-4-2-1-3-5(6)7(15)10-8-11-13-14-12-8/h1-4H,(H2,10,11,12,13,14,15). The highest BCUT2D eigenvalue weighted by Gasteiger charge is 2.10. The average Bonchev–Trinajstić information content (AvgIpc) is 2.71. The largest absolute Gasteiger partial charge is 0.288 e. The third-order valence-electron chi connectivity index (χ3n) is 1.69. The lowest BCUT2D eigenvalue weighted by Crippen LogP contribution is -2.13. The topological polar surface area (TPSA) is 83.6 Å². The van der Waals surface area contributed by atoms with Gasteiger partial charge in [0.2, 0.25) is 0 Å². The van der Waals surface area contributed by atoms with Crippen LogP contribution in [0.25, 0.3) is 0 Å². The summed E-state index contributed by atoms with van der Waals surface area (Å²) in [5.41, 5.74) is 0.516. The number of anilines is 1. The monoisotopic (exact) mass is 267 g/mol. The van der Waals surface area contributed by atoms with E-state index in [9.17, 15) is 4.79 Å². The SMILES string of the molecule is O=C(Nc1nn[nH]n1)c1ccccc1Br. The fourth-order valence-electron chi connectivity index (χ4n) is 1.03. The number of benzene rings is 1. The van der Waals surface area contributed by atoms with Gasteiger partial charge in [0, 0.05) is 4.47 Å². The van der Waals surface area contributed by atoms with Crippen LogP contribution in [-0.2, 0) is 0 Å². The van der Waals surface area contributed by atoms with Crippen molar-refractivity contribution >= 4 is 27.8 Å². The van der Waals surface area contributed by atoms with Crippen molar-refractivity contribution in [2.45, 2.75) is 0 Å². The van der Waals surface area contributed by atoms with E-state index in [0.717, 1.165) is 0 Å². The van der Waals surface area contributed by atoms with Gasteiger partial charge >= 0.3 is 0 Å². The molecule has 15 heavy (non-hydrogen) atoms. The quantitative estimate of drug-likeness (QED) is 0.857. The zero-order valence-corrected chi connectivity index (χ0v) is 9.02. The lowest BCUT2D eigenvalue weighted by Gasteiger charge is -2.02. The van der Waals surface area contributed by atoms with Gasteiger partial charge in [-0.25, -0.2) is 0 Å². The maximum atomic E-state index is 11.7. The van der Waals surface area contributed by atoms with Gasteiger partial charge in [0.1, 0.15) is 0 Å². The number of rotatable bonds is 2. The predicted molar refractivity (Wildman–Crippen MR) is 56.3 cm³/mol. The first-order valence-electron chi connectivity index (χ1n) is 4.06. The van der Waals surface area contributed by atoms with E-state index in [1.165, 1.54) is 0 Å². The minimum absolute atomic E-state index is 0.149.